The monoisotopic (exact) mass is 336 g/mol. The first-order chi connectivity index (χ1) is 11.5. The van der Waals surface area contributed by atoms with Crippen LogP contribution in [0.5, 0.6) is 0 Å². The molecule has 0 saturated heterocycles. The second-order valence-electron chi connectivity index (χ2n) is 7.70. The number of allylic oxidation sites excluding steroid dienone is 2. The molecule has 24 heavy (non-hydrogen) atoms. The Bertz CT molecular complexity index is 601. The van der Waals surface area contributed by atoms with Crippen LogP contribution in [0.25, 0.3) is 5.57 Å². The van der Waals surface area contributed by atoms with E-state index in [2.05, 4.69) is 13.8 Å². The molecule has 3 heteroatoms. The fourth-order valence-electron chi connectivity index (χ4n) is 4.75. The van der Waals surface area contributed by atoms with Crippen molar-refractivity contribution in [3.63, 3.8) is 0 Å². The van der Waals surface area contributed by atoms with E-state index in [0.29, 0.717) is 11.5 Å². The first kappa shape index (κ1) is 17.6. The molecule has 1 aromatic rings. The molecule has 1 fully saturated rings. The average molecular weight is 336 g/mol. The molecular formula is C21H27F3. The van der Waals surface area contributed by atoms with Gasteiger partial charge in [-0.05, 0) is 80.1 Å². The SMILES string of the molecule is CCC1CCC(C2CCC(c3cc(F)c(F)c(F)c3)=C(C)C2)CC1. The highest BCUT2D eigenvalue weighted by Crippen LogP contribution is 2.44. The van der Waals surface area contributed by atoms with Crippen LogP contribution in [0.2, 0.25) is 0 Å². The quantitative estimate of drug-likeness (QED) is 0.527. The van der Waals surface area contributed by atoms with E-state index in [4.69, 9.17) is 0 Å². The van der Waals surface area contributed by atoms with Gasteiger partial charge in [-0.2, -0.15) is 0 Å². The van der Waals surface area contributed by atoms with Crippen LogP contribution in [0.4, 0.5) is 13.2 Å². The lowest BCUT2D eigenvalue weighted by Gasteiger charge is -2.36. The summed E-state index contributed by atoms with van der Waals surface area (Å²) in [6, 6.07) is 2.29. The second kappa shape index (κ2) is 7.33. The van der Waals surface area contributed by atoms with E-state index in [9.17, 15) is 13.2 Å². The van der Waals surface area contributed by atoms with E-state index in [1.54, 1.807) is 0 Å². The smallest absolute Gasteiger partial charge is 0.194 e. The average Bonchev–Trinajstić information content (AvgIpc) is 2.59. The van der Waals surface area contributed by atoms with Gasteiger partial charge in [0.2, 0.25) is 0 Å². The van der Waals surface area contributed by atoms with Gasteiger partial charge < -0.3 is 0 Å². The van der Waals surface area contributed by atoms with Crippen molar-refractivity contribution in [3.8, 4) is 0 Å². The Morgan fingerprint density at radius 1 is 0.917 bits per heavy atom. The number of hydrogen-bond donors (Lipinski definition) is 0. The highest BCUT2D eigenvalue weighted by atomic mass is 19.2. The summed E-state index contributed by atoms with van der Waals surface area (Å²) < 4.78 is 40.2. The minimum Gasteiger partial charge on any atom is -0.204 e. The molecule has 0 radical (unpaired) electrons. The van der Waals surface area contributed by atoms with Crippen molar-refractivity contribution >= 4 is 5.57 Å². The molecule has 0 amide bonds. The van der Waals surface area contributed by atoms with Gasteiger partial charge in [0.25, 0.3) is 0 Å². The van der Waals surface area contributed by atoms with Gasteiger partial charge in [0.1, 0.15) is 0 Å². The maximum absolute atomic E-state index is 13.5. The predicted molar refractivity (Wildman–Crippen MR) is 92.0 cm³/mol. The predicted octanol–water partition coefficient (Wildman–Crippen LogP) is 6.89. The molecule has 0 aromatic heterocycles. The Morgan fingerprint density at radius 3 is 2.08 bits per heavy atom. The molecule has 0 bridgehead atoms. The van der Waals surface area contributed by atoms with Gasteiger partial charge >= 0.3 is 0 Å². The number of benzene rings is 1. The maximum atomic E-state index is 13.5. The highest BCUT2D eigenvalue weighted by Gasteiger charge is 2.30. The van der Waals surface area contributed by atoms with E-state index in [-0.39, 0.29) is 0 Å². The molecule has 2 aliphatic carbocycles. The molecule has 1 atom stereocenters. The first-order valence-corrected chi connectivity index (χ1v) is 9.33. The molecule has 132 valence electrons. The van der Waals surface area contributed by atoms with E-state index in [0.717, 1.165) is 48.8 Å². The molecule has 1 aromatic carbocycles. The van der Waals surface area contributed by atoms with Gasteiger partial charge in [0.05, 0.1) is 0 Å². The second-order valence-corrected chi connectivity index (χ2v) is 7.70. The van der Waals surface area contributed by atoms with Crippen LogP contribution in [-0.2, 0) is 0 Å². The molecule has 0 heterocycles. The normalized spacial score (nSPS) is 28.3. The van der Waals surface area contributed by atoms with E-state index in [1.165, 1.54) is 37.7 Å². The molecule has 3 rings (SSSR count). The van der Waals surface area contributed by atoms with E-state index < -0.39 is 17.5 Å². The molecule has 1 saturated carbocycles. The van der Waals surface area contributed by atoms with Crippen molar-refractivity contribution in [3.05, 3.63) is 40.7 Å². The summed E-state index contributed by atoms with van der Waals surface area (Å²) in [4.78, 5) is 0. The van der Waals surface area contributed by atoms with Crippen molar-refractivity contribution in [2.45, 2.75) is 65.2 Å². The van der Waals surface area contributed by atoms with Crippen LogP contribution in [0.15, 0.2) is 17.7 Å². The molecule has 0 spiro atoms. The molecular weight excluding hydrogens is 309 g/mol. The zero-order chi connectivity index (χ0) is 17.3. The topological polar surface area (TPSA) is 0 Å². The summed E-state index contributed by atoms with van der Waals surface area (Å²) in [5.41, 5.74) is 2.73. The molecule has 1 unspecified atom stereocenters. The molecule has 0 aliphatic heterocycles. The third-order valence-electron chi connectivity index (χ3n) is 6.32. The van der Waals surface area contributed by atoms with Crippen molar-refractivity contribution < 1.29 is 13.2 Å². The Labute approximate surface area is 143 Å². The van der Waals surface area contributed by atoms with Gasteiger partial charge in [0, 0.05) is 0 Å². The standard InChI is InChI=1S/C21H27F3/c1-3-14-4-6-15(7-5-14)16-8-9-18(13(2)10-16)17-11-19(22)21(24)20(23)12-17/h11-12,14-16H,3-10H2,1-2H3. The van der Waals surface area contributed by atoms with Crippen molar-refractivity contribution in [2.75, 3.05) is 0 Å². The Morgan fingerprint density at radius 2 is 1.54 bits per heavy atom. The fraction of sp³-hybridized carbons (Fsp3) is 0.619. The number of halogens is 3. The van der Waals surface area contributed by atoms with Crippen LogP contribution < -0.4 is 0 Å². The van der Waals surface area contributed by atoms with E-state index >= 15 is 0 Å². The maximum Gasteiger partial charge on any atom is 0.194 e. The van der Waals surface area contributed by atoms with Gasteiger partial charge in [-0.25, -0.2) is 13.2 Å². The summed E-state index contributed by atoms with van der Waals surface area (Å²) in [5, 5.41) is 0. The molecule has 2 aliphatic rings. The summed E-state index contributed by atoms with van der Waals surface area (Å²) >= 11 is 0. The summed E-state index contributed by atoms with van der Waals surface area (Å²) in [6.07, 6.45) is 9.57. The number of hydrogen-bond acceptors (Lipinski definition) is 0. The zero-order valence-corrected chi connectivity index (χ0v) is 14.7. The molecule has 0 nitrogen and oxygen atoms in total. The van der Waals surface area contributed by atoms with Gasteiger partial charge in [-0.3, -0.25) is 0 Å². The van der Waals surface area contributed by atoms with Crippen LogP contribution in [0.1, 0.15) is 70.8 Å². The van der Waals surface area contributed by atoms with Gasteiger partial charge in [-0.15, -0.1) is 0 Å². The van der Waals surface area contributed by atoms with Gasteiger partial charge in [0.15, 0.2) is 17.5 Å². The Hall–Kier alpha value is -1.25. The van der Waals surface area contributed by atoms with Crippen LogP contribution in [0, 0.1) is 35.2 Å². The Kier molecular flexibility index (Phi) is 5.36. The minimum atomic E-state index is -1.38. The van der Waals surface area contributed by atoms with Gasteiger partial charge in [-0.1, -0.05) is 31.8 Å². The third kappa shape index (κ3) is 3.55. The van der Waals surface area contributed by atoms with Crippen molar-refractivity contribution in [1.29, 1.82) is 0 Å². The fourth-order valence-corrected chi connectivity index (χ4v) is 4.75. The van der Waals surface area contributed by atoms with Crippen molar-refractivity contribution in [1.82, 2.24) is 0 Å². The van der Waals surface area contributed by atoms with Crippen LogP contribution >= 0.6 is 0 Å². The van der Waals surface area contributed by atoms with Crippen molar-refractivity contribution in [2.24, 2.45) is 17.8 Å². The van der Waals surface area contributed by atoms with E-state index in [1.807, 2.05) is 0 Å². The minimum absolute atomic E-state index is 0.511. The zero-order valence-electron chi connectivity index (χ0n) is 14.7. The highest BCUT2D eigenvalue weighted by molar-refractivity contribution is 5.69. The lowest BCUT2D eigenvalue weighted by atomic mass is 9.69. The van der Waals surface area contributed by atoms with Crippen LogP contribution in [-0.4, -0.2) is 0 Å². The summed E-state index contributed by atoms with van der Waals surface area (Å²) in [7, 11) is 0. The summed E-state index contributed by atoms with van der Waals surface area (Å²) in [5.74, 6) is -1.16. The largest absolute Gasteiger partial charge is 0.204 e. The lowest BCUT2D eigenvalue weighted by Crippen LogP contribution is -2.24. The van der Waals surface area contributed by atoms with Crippen LogP contribution in [0.3, 0.4) is 0 Å². The Balaban J connectivity index is 1.72. The lowest BCUT2D eigenvalue weighted by molar-refractivity contribution is 0.190. The number of rotatable bonds is 3. The molecule has 0 N–H and O–H groups in total. The third-order valence-corrected chi connectivity index (χ3v) is 6.32. The first-order valence-electron chi connectivity index (χ1n) is 9.33. The summed E-state index contributed by atoms with van der Waals surface area (Å²) in [6.45, 7) is 4.35.